The van der Waals surface area contributed by atoms with Crippen LogP contribution in [0.15, 0.2) is 16.9 Å². The quantitative estimate of drug-likeness (QED) is 0.652. The number of aliphatic hydroxyl groups excluding tert-OH is 1. The van der Waals surface area contributed by atoms with Gasteiger partial charge in [-0.1, -0.05) is 6.92 Å². The van der Waals surface area contributed by atoms with Crippen molar-refractivity contribution in [2.75, 3.05) is 13.1 Å². The van der Waals surface area contributed by atoms with Crippen LogP contribution in [0.5, 0.6) is 5.88 Å². The Hall–Kier alpha value is -1.82. The van der Waals surface area contributed by atoms with Crippen molar-refractivity contribution in [2.24, 2.45) is 5.92 Å². The SMILES string of the molecule is CC1CN(C(=O)c2cc(O)[nH]c(=O)c2)CCC1O. The van der Waals surface area contributed by atoms with E-state index in [1.54, 1.807) is 4.90 Å². The third-order valence-electron chi connectivity index (χ3n) is 3.22. The van der Waals surface area contributed by atoms with Crippen LogP contribution in [0.3, 0.4) is 0 Å². The Morgan fingerprint density at radius 1 is 1.50 bits per heavy atom. The predicted molar refractivity (Wildman–Crippen MR) is 64.4 cm³/mol. The summed E-state index contributed by atoms with van der Waals surface area (Å²) >= 11 is 0. The standard InChI is InChI=1S/C12H16N2O4/c1-7-6-14(3-2-9(7)15)12(18)8-4-10(16)13-11(17)5-8/h4-5,7,9,15H,2-3,6H2,1H3,(H2,13,16,17). The van der Waals surface area contributed by atoms with Crippen LogP contribution in [0.1, 0.15) is 23.7 Å². The number of hydrogen-bond acceptors (Lipinski definition) is 4. The van der Waals surface area contributed by atoms with Crippen molar-refractivity contribution in [1.29, 1.82) is 0 Å². The van der Waals surface area contributed by atoms with Crippen molar-refractivity contribution >= 4 is 5.91 Å². The zero-order valence-corrected chi connectivity index (χ0v) is 10.1. The largest absolute Gasteiger partial charge is 0.494 e. The van der Waals surface area contributed by atoms with E-state index in [1.807, 2.05) is 6.92 Å². The maximum Gasteiger partial charge on any atom is 0.254 e. The van der Waals surface area contributed by atoms with E-state index in [2.05, 4.69) is 4.98 Å². The third kappa shape index (κ3) is 2.53. The molecule has 0 bridgehead atoms. The number of hydrogen-bond donors (Lipinski definition) is 3. The number of pyridine rings is 1. The molecule has 6 nitrogen and oxygen atoms in total. The van der Waals surface area contributed by atoms with E-state index < -0.39 is 5.56 Å². The van der Waals surface area contributed by atoms with Gasteiger partial charge in [-0.3, -0.25) is 14.6 Å². The minimum Gasteiger partial charge on any atom is -0.494 e. The molecule has 6 heteroatoms. The summed E-state index contributed by atoms with van der Waals surface area (Å²) in [4.78, 5) is 27.1. The zero-order valence-electron chi connectivity index (χ0n) is 10.1. The maximum atomic E-state index is 12.1. The summed E-state index contributed by atoms with van der Waals surface area (Å²) in [5, 5.41) is 18.9. The molecule has 2 atom stereocenters. The highest BCUT2D eigenvalue weighted by Crippen LogP contribution is 2.18. The minimum absolute atomic E-state index is 0.0123. The number of piperidine rings is 1. The van der Waals surface area contributed by atoms with E-state index in [9.17, 15) is 19.8 Å². The molecule has 98 valence electrons. The van der Waals surface area contributed by atoms with Crippen LogP contribution in [0.25, 0.3) is 0 Å². The second-order valence-corrected chi connectivity index (χ2v) is 4.70. The number of likely N-dealkylation sites (tertiary alicyclic amines) is 1. The number of aromatic nitrogens is 1. The van der Waals surface area contributed by atoms with Gasteiger partial charge < -0.3 is 15.1 Å². The van der Waals surface area contributed by atoms with E-state index in [4.69, 9.17) is 0 Å². The molecule has 2 heterocycles. The Balaban J connectivity index is 2.19. The summed E-state index contributed by atoms with van der Waals surface area (Å²) in [6, 6.07) is 2.40. The molecule has 1 amide bonds. The number of nitrogens with zero attached hydrogens (tertiary/aromatic N) is 1. The van der Waals surface area contributed by atoms with E-state index >= 15 is 0 Å². The summed E-state index contributed by atoms with van der Waals surface area (Å²) in [5.74, 6) is -0.607. The molecule has 1 aromatic heterocycles. The van der Waals surface area contributed by atoms with Crippen LogP contribution in [-0.4, -0.2) is 45.2 Å². The molecule has 1 saturated heterocycles. The maximum absolute atomic E-state index is 12.1. The lowest BCUT2D eigenvalue weighted by Gasteiger charge is -2.34. The van der Waals surface area contributed by atoms with Crippen molar-refractivity contribution in [3.05, 3.63) is 28.0 Å². The number of aromatic amines is 1. The molecular formula is C12H16N2O4. The van der Waals surface area contributed by atoms with E-state index in [0.717, 1.165) is 6.07 Å². The van der Waals surface area contributed by atoms with Crippen LogP contribution in [0.4, 0.5) is 0 Å². The number of nitrogens with one attached hydrogen (secondary N) is 1. The molecule has 0 aliphatic carbocycles. The summed E-state index contributed by atoms with van der Waals surface area (Å²) in [6.45, 7) is 2.78. The first-order valence-electron chi connectivity index (χ1n) is 5.88. The molecule has 3 N–H and O–H groups in total. The Morgan fingerprint density at radius 3 is 2.83 bits per heavy atom. The van der Waals surface area contributed by atoms with Crippen molar-refractivity contribution in [2.45, 2.75) is 19.4 Å². The molecule has 1 aliphatic rings. The van der Waals surface area contributed by atoms with Gasteiger partial charge in [0.15, 0.2) is 5.88 Å². The molecule has 1 aliphatic heterocycles. The number of carbonyl (C=O) groups excluding carboxylic acids is 1. The molecular weight excluding hydrogens is 236 g/mol. The number of H-pyrrole nitrogens is 1. The lowest BCUT2D eigenvalue weighted by atomic mass is 9.96. The van der Waals surface area contributed by atoms with Gasteiger partial charge in [0.2, 0.25) is 0 Å². The van der Waals surface area contributed by atoms with Gasteiger partial charge in [0, 0.05) is 25.2 Å². The highest BCUT2D eigenvalue weighted by Gasteiger charge is 2.28. The van der Waals surface area contributed by atoms with Gasteiger partial charge in [0.25, 0.3) is 11.5 Å². The Labute approximate surface area is 104 Å². The second kappa shape index (κ2) is 4.81. The first-order valence-corrected chi connectivity index (χ1v) is 5.88. The number of aromatic hydroxyl groups is 1. The fourth-order valence-corrected chi connectivity index (χ4v) is 2.15. The molecule has 0 radical (unpaired) electrons. The fraction of sp³-hybridized carbons (Fsp3) is 0.500. The topological polar surface area (TPSA) is 93.6 Å². The van der Waals surface area contributed by atoms with E-state index in [0.29, 0.717) is 19.5 Å². The Kier molecular flexibility index (Phi) is 3.38. The minimum atomic E-state index is -0.511. The first kappa shape index (κ1) is 12.6. The van der Waals surface area contributed by atoms with Gasteiger partial charge in [0.1, 0.15) is 0 Å². The van der Waals surface area contributed by atoms with Gasteiger partial charge >= 0.3 is 0 Å². The van der Waals surface area contributed by atoms with Gasteiger partial charge in [-0.05, 0) is 12.3 Å². The fourth-order valence-electron chi connectivity index (χ4n) is 2.15. The summed E-state index contributed by atoms with van der Waals surface area (Å²) < 4.78 is 0. The van der Waals surface area contributed by atoms with Crippen LogP contribution in [-0.2, 0) is 0 Å². The van der Waals surface area contributed by atoms with Crippen LogP contribution >= 0.6 is 0 Å². The molecule has 1 aromatic rings. The summed E-state index contributed by atoms with van der Waals surface area (Å²) in [7, 11) is 0. The van der Waals surface area contributed by atoms with Crippen molar-refractivity contribution < 1.29 is 15.0 Å². The molecule has 18 heavy (non-hydrogen) atoms. The lowest BCUT2D eigenvalue weighted by Crippen LogP contribution is -2.45. The van der Waals surface area contributed by atoms with Crippen molar-refractivity contribution in [3.63, 3.8) is 0 Å². The lowest BCUT2D eigenvalue weighted by molar-refractivity contribution is 0.0297. The third-order valence-corrected chi connectivity index (χ3v) is 3.22. The van der Waals surface area contributed by atoms with Gasteiger partial charge in [-0.15, -0.1) is 0 Å². The van der Waals surface area contributed by atoms with Gasteiger partial charge in [-0.25, -0.2) is 0 Å². The van der Waals surface area contributed by atoms with E-state index in [1.165, 1.54) is 6.07 Å². The summed E-state index contributed by atoms with van der Waals surface area (Å²) in [5.41, 5.74) is -0.344. The number of amides is 1. The number of rotatable bonds is 1. The summed E-state index contributed by atoms with van der Waals surface area (Å²) in [6.07, 6.45) is 0.142. The zero-order chi connectivity index (χ0) is 13.3. The van der Waals surface area contributed by atoms with Crippen LogP contribution < -0.4 is 5.56 Å². The predicted octanol–water partition coefficient (Wildman–Crippen LogP) is -0.0766. The van der Waals surface area contributed by atoms with Gasteiger partial charge in [0.05, 0.1) is 11.7 Å². The van der Waals surface area contributed by atoms with E-state index in [-0.39, 0.29) is 29.4 Å². The Bertz CT molecular complexity index is 511. The van der Waals surface area contributed by atoms with Crippen molar-refractivity contribution in [3.8, 4) is 5.88 Å². The molecule has 0 aromatic carbocycles. The number of carbonyl (C=O) groups is 1. The normalized spacial score (nSPS) is 24.0. The average molecular weight is 252 g/mol. The molecule has 2 rings (SSSR count). The molecule has 0 saturated carbocycles. The molecule has 1 fully saturated rings. The highest BCUT2D eigenvalue weighted by atomic mass is 16.3. The number of aliphatic hydroxyl groups is 1. The van der Waals surface area contributed by atoms with Gasteiger partial charge in [-0.2, -0.15) is 0 Å². The monoisotopic (exact) mass is 252 g/mol. The van der Waals surface area contributed by atoms with Crippen LogP contribution in [0, 0.1) is 5.92 Å². The molecule has 2 unspecified atom stereocenters. The smallest absolute Gasteiger partial charge is 0.254 e. The highest BCUT2D eigenvalue weighted by molar-refractivity contribution is 5.94. The average Bonchev–Trinajstić information content (AvgIpc) is 2.30. The molecule has 0 spiro atoms. The first-order chi connectivity index (χ1) is 8.47. The Morgan fingerprint density at radius 2 is 2.22 bits per heavy atom. The van der Waals surface area contributed by atoms with Crippen LogP contribution in [0.2, 0.25) is 0 Å². The second-order valence-electron chi connectivity index (χ2n) is 4.70. The van der Waals surface area contributed by atoms with Crippen molar-refractivity contribution in [1.82, 2.24) is 9.88 Å².